The van der Waals surface area contributed by atoms with E-state index < -0.39 is 7.80 Å². The summed E-state index contributed by atoms with van der Waals surface area (Å²) in [5.74, 6) is 1.90. The average Bonchev–Trinajstić information content (AvgIpc) is 2.80. The second-order valence-electron chi connectivity index (χ2n) is 4.99. The fourth-order valence-electron chi connectivity index (χ4n) is 2.43. The number of benzene rings is 1. The minimum absolute atomic E-state index is 0.192. The van der Waals surface area contributed by atoms with E-state index in [2.05, 4.69) is 6.08 Å². The first-order valence-electron chi connectivity index (χ1n) is 6.31. The molecule has 0 aromatic heterocycles. The maximum atomic E-state index is 12.4. The summed E-state index contributed by atoms with van der Waals surface area (Å²) < 4.78 is 12.2. The van der Waals surface area contributed by atoms with Crippen molar-refractivity contribution >= 4 is 25.1 Å². The first-order chi connectivity index (χ1) is 8.99. The Labute approximate surface area is 119 Å². The summed E-state index contributed by atoms with van der Waals surface area (Å²) in [6, 6.07) is 3.96. The van der Waals surface area contributed by atoms with E-state index in [-0.39, 0.29) is 5.52 Å². The summed E-state index contributed by atoms with van der Waals surface area (Å²) in [7, 11) is -1.84. The van der Waals surface area contributed by atoms with Crippen LogP contribution in [0.1, 0.15) is 27.0 Å². The van der Waals surface area contributed by atoms with Gasteiger partial charge in [0.1, 0.15) is 0 Å². The Morgan fingerprint density at radius 2 is 1.89 bits per heavy atom. The summed E-state index contributed by atoms with van der Waals surface area (Å²) >= 11 is 1.81. The van der Waals surface area contributed by atoms with Gasteiger partial charge in [-0.1, -0.05) is 28.3 Å². The smallest absolute Gasteiger partial charge is 0.234 e. The molecule has 1 heterocycles. The van der Waals surface area contributed by atoms with Gasteiger partial charge in [0.2, 0.25) is 0 Å². The van der Waals surface area contributed by atoms with Crippen molar-refractivity contribution in [2.24, 2.45) is 0 Å². The monoisotopic (exact) mass is 293 g/mol. The van der Waals surface area contributed by atoms with Gasteiger partial charge >= 0.3 is 13.3 Å². The van der Waals surface area contributed by atoms with Crippen LogP contribution in [0.2, 0.25) is 0 Å². The van der Waals surface area contributed by atoms with Gasteiger partial charge in [-0.25, -0.2) is 4.79 Å². The molecule has 0 saturated carbocycles. The third-order valence-electron chi connectivity index (χ3n) is 3.24. The molecule has 1 aliphatic heterocycles. The molecule has 0 N–H and O–H groups in total. The Kier molecular flexibility index (Phi) is 4.59. The topological polar surface area (TPSA) is 34.1 Å². The fraction of sp³-hybridized carbons (Fsp3) is 0.400. The molecule has 1 aliphatic rings. The van der Waals surface area contributed by atoms with Crippen LogP contribution in [0.15, 0.2) is 23.8 Å². The molecule has 0 fully saturated rings. The SMILES string of the molecule is Cc1cc(C)c(C(=O)[P+](=O)CC2=CCSC2)c(C)c1. The maximum absolute atomic E-state index is 12.4. The van der Waals surface area contributed by atoms with Crippen LogP contribution in [0.5, 0.6) is 0 Å². The number of hydrogen-bond acceptors (Lipinski definition) is 3. The van der Waals surface area contributed by atoms with Crippen LogP contribution >= 0.6 is 19.6 Å². The van der Waals surface area contributed by atoms with Crippen LogP contribution in [0.4, 0.5) is 0 Å². The van der Waals surface area contributed by atoms with Crippen LogP contribution in [-0.2, 0) is 4.57 Å². The molecule has 0 bridgehead atoms. The van der Waals surface area contributed by atoms with Crippen LogP contribution < -0.4 is 0 Å². The third-order valence-corrected chi connectivity index (χ3v) is 5.59. The van der Waals surface area contributed by atoms with Crippen LogP contribution in [0.25, 0.3) is 0 Å². The molecular formula is C15H18O2PS+. The number of hydrogen-bond donors (Lipinski definition) is 0. The van der Waals surface area contributed by atoms with E-state index in [1.165, 1.54) is 0 Å². The molecule has 1 unspecified atom stereocenters. The fourth-order valence-corrected chi connectivity index (χ4v) is 4.89. The Morgan fingerprint density at radius 1 is 1.26 bits per heavy atom. The molecule has 0 spiro atoms. The molecule has 1 aromatic carbocycles. The number of carbonyl (C=O) groups excluding carboxylic acids is 1. The molecule has 0 radical (unpaired) electrons. The van der Waals surface area contributed by atoms with E-state index in [1.807, 2.05) is 44.7 Å². The van der Waals surface area contributed by atoms with Crippen molar-refractivity contribution in [3.8, 4) is 0 Å². The second kappa shape index (κ2) is 6.02. The van der Waals surface area contributed by atoms with Gasteiger partial charge < -0.3 is 0 Å². The van der Waals surface area contributed by atoms with Gasteiger partial charge in [0, 0.05) is 11.5 Å². The Hall–Kier alpha value is -0.920. The largest absolute Gasteiger partial charge is 0.424 e. The van der Waals surface area contributed by atoms with E-state index in [0.717, 1.165) is 33.8 Å². The second-order valence-corrected chi connectivity index (χ2v) is 7.50. The molecule has 0 aliphatic carbocycles. The predicted octanol–water partition coefficient (Wildman–Crippen LogP) is 4.25. The quantitative estimate of drug-likeness (QED) is 0.614. The van der Waals surface area contributed by atoms with Gasteiger partial charge in [-0.15, -0.1) is 0 Å². The lowest BCUT2D eigenvalue weighted by atomic mass is 10.0. The minimum atomic E-state index is -1.84. The van der Waals surface area contributed by atoms with Crippen molar-refractivity contribution in [3.05, 3.63) is 46.0 Å². The van der Waals surface area contributed by atoms with E-state index in [4.69, 9.17) is 0 Å². The standard InChI is InChI=1S/C15H18O2PS/c1-10-6-11(2)14(12(3)7-10)15(16)18(17)8-13-4-5-19-9-13/h4,6-7H,5,8-9H2,1-3H3/q+1. The lowest BCUT2D eigenvalue weighted by Crippen LogP contribution is -2.03. The molecule has 0 saturated heterocycles. The molecule has 100 valence electrons. The maximum Gasteiger partial charge on any atom is 0.424 e. The minimum Gasteiger partial charge on any atom is -0.234 e. The van der Waals surface area contributed by atoms with Crippen molar-refractivity contribution in [1.82, 2.24) is 0 Å². The highest BCUT2D eigenvalue weighted by atomic mass is 32.2. The van der Waals surface area contributed by atoms with E-state index in [9.17, 15) is 9.36 Å². The van der Waals surface area contributed by atoms with E-state index >= 15 is 0 Å². The summed E-state index contributed by atoms with van der Waals surface area (Å²) in [6.07, 6.45) is 2.52. The van der Waals surface area contributed by atoms with Gasteiger partial charge in [0.15, 0.2) is 6.16 Å². The van der Waals surface area contributed by atoms with Gasteiger partial charge in [-0.2, -0.15) is 11.8 Å². The summed E-state index contributed by atoms with van der Waals surface area (Å²) in [5.41, 5.74) is 4.61. The average molecular weight is 293 g/mol. The zero-order chi connectivity index (χ0) is 14.0. The van der Waals surface area contributed by atoms with Gasteiger partial charge in [-0.05, 0) is 37.5 Å². The molecule has 0 amide bonds. The molecule has 1 atom stereocenters. The van der Waals surface area contributed by atoms with Crippen molar-refractivity contribution in [1.29, 1.82) is 0 Å². The van der Waals surface area contributed by atoms with Gasteiger partial charge in [-0.3, -0.25) is 0 Å². The number of thioether (sulfide) groups is 1. The molecule has 1 aromatic rings. The highest BCUT2D eigenvalue weighted by Crippen LogP contribution is 2.34. The highest BCUT2D eigenvalue weighted by Gasteiger charge is 2.33. The Bertz CT molecular complexity index is 553. The zero-order valence-corrected chi connectivity index (χ0v) is 13.2. The molecule has 4 heteroatoms. The summed E-state index contributed by atoms with van der Waals surface area (Å²) in [6.45, 7) is 5.84. The zero-order valence-electron chi connectivity index (χ0n) is 11.5. The Balaban J connectivity index is 2.22. The molecule has 2 rings (SSSR count). The number of aryl methyl sites for hydroxylation is 3. The summed E-state index contributed by atoms with van der Waals surface area (Å²) in [4.78, 5) is 12.4. The van der Waals surface area contributed by atoms with Crippen molar-refractivity contribution in [2.45, 2.75) is 20.8 Å². The van der Waals surface area contributed by atoms with Gasteiger partial charge in [0.05, 0.1) is 5.56 Å². The van der Waals surface area contributed by atoms with Crippen LogP contribution in [0.3, 0.4) is 0 Å². The Morgan fingerprint density at radius 3 is 2.42 bits per heavy atom. The van der Waals surface area contributed by atoms with Crippen LogP contribution in [-0.4, -0.2) is 23.2 Å². The highest BCUT2D eigenvalue weighted by molar-refractivity contribution is 7.99. The third kappa shape index (κ3) is 3.34. The number of rotatable bonds is 4. The number of carbonyl (C=O) groups is 1. The normalized spacial score (nSPS) is 15.3. The van der Waals surface area contributed by atoms with Gasteiger partial charge in [0.25, 0.3) is 0 Å². The van der Waals surface area contributed by atoms with E-state index in [1.54, 1.807) is 0 Å². The first-order valence-corrected chi connectivity index (χ1v) is 8.91. The van der Waals surface area contributed by atoms with Crippen molar-refractivity contribution < 1.29 is 9.36 Å². The molecular weight excluding hydrogens is 275 g/mol. The molecule has 19 heavy (non-hydrogen) atoms. The predicted molar refractivity (Wildman–Crippen MR) is 82.9 cm³/mol. The molecule has 2 nitrogen and oxygen atoms in total. The lowest BCUT2D eigenvalue weighted by molar-refractivity contribution is 0.107. The first kappa shape index (κ1) is 14.5. The van der Waals surface area contributed by atoms with Crippen molar-refractivity contribution in [2.75, 3.05) is 17.7 Å². The lowest BCUT2D eigenvalue weighted by Gasteiger charge is -2.05. The summed E-state index contributed by atoms with van der Waals surface area (Å²) in [5, 5.41) is 0. The van der Waals surface area contributed by atoms with Crippen LogP contribution in [0, 0.1) is 20.8 Å². The van der Waals surface area contributed by atoms with Crippen molar-refractivity contribution in [3.63, 3.8) is 0 Å². The van der Waals surface area contributed by atoms with E-state index in [0.29, 0.717) is 11.7 Å².